The van der Waals surface area contributed by atoms with Crippen LogP contribution in [0.15, 0.2) is 30.3 Å². The molecule has 0 aliphatic carbocycles. The van der Waals surface area contributed by atoms with E-state index in [1.165, 1.54) is 0 Å². The lowest BCUT2D eigenvalue weighted by Crippen LogP contribution is -2.48. The number of hydrogen-bond acceptors (Lipinski definition) is 3. The number of nitrogens with zero attached hydrogens (tertiary/aromatic N) is 1. The van der Waals surface area contributed by atoms with Crippen molar-refractivity contribution >= 4 is 23.2 Å². The Bertz CT molecular complexity index is 433. The molecule has 0 saturated carbocycles. The molecule has 0 spiro atoms. The third kappa shape index (κ3) is 4.18. The third-order valence-corrected chi connectivity index (χ3v) is 3.23. The topological polar surface area (TPSA) is 53.6 Å². The normalized spacial score (nSPS) is 14.8. The van der Waals surface area contributed by atoms with Crippen molar-refractivity contribution in [2.45, 2.75) is 0 Å². The van der Waals surface area contributed by atoms with E-state index in [4.69, 9.17) is 17.0 Å². The van der Waals surface area contributed by atoms with Gasteiger partial charge in [0, 0.05) is 18.7 Å². The van der Waals surface area contributed by atoms with Crippen LogP contribution < -0.4 is 10.6 Å². The lowest BCUT2D eigenvalue weighted by atomic mass is 10.2. The molecule has 2 N–H and O–H groups in total. The van der Waals surface area contributed by atoms with Gasteiger partial charge < -0.3 is 20.3 Å². The van der Waals surface area contributed by atoms with Crippen molar-refractivity contribution < 1.29 is 9.53 Å². The lowest BCUT2D eigenvalue weighted by molar-refractivity contribution is 0.0675. The van der Waals surface area contributed by atoms with Crippen LogP contribution in [0.2, 0.25) is 0 Å². The lowest BCUT2D eigenvalue weighted by Gasteiger charge is -2.29. The van der Waals surface area contributed by atoms with Gasteiger partial charge in [-0.15, -0.1) is 0 Å². The molecular weight excluding hydrogens is 262 g/mol. The van der Waals surface area contributed by atoms with E-state index in [2.05, 4.69) is 10.6 Å². The molecule has 0 atom stereocenters. The van der Waals surface area contributed by atoms with Crippen LogP contribution in [-0.4, -0.2) is 48.9 Å². The van der Waals surface area contributed by atoms with Crippen molar-refractivity contribution in [3.63, 3.8) is 0 Å². The molecule has 1 aliphatic heterocycles. The van der Waals surface area contributed by atoms with E-state index in [-0.39, 0.29) is 5.91 Å². The Morgan fingerprint density at radius 3 is 2.58 bits per heavy atom. The second-order valence-corrected chi connectivity index (χ2v) is 4.52. The van der Waals surface area contributed by atoms with Crippen molar-refractivity contribution in [3.05, 3.63) is 35.9 Å². The largest absolute Gasteiger partial charge is 0.378 e. The first-order valence-electron chi connectivity index (χ1n) is 6.21. The van der Waals surface area contributed by atoms with Gasteiger partial charge in [-0.25, -0.2) is 0 Å². The number of amides is 1. The number of thiocarbonyl (C=S) groups is 1. The minimum absolute atomic E-state index is 0.113. The second kappa shape index (κ2) is 7.06. The fraction of sp³-hybridized carbons (Fsp3) is 0.385. The van der Waals surface area contributed by atoms with Crippen LogP contribution in [0.3, 0.4) is 0 Å². The smallest absolute Gasteiger partial charge is 0.252 e. The quantitative estimate of drug-likeness (QED) is 0.626. The fourth-order valence-corrected chi connectivity index (χ4v) is 2.02. The van der Waals surface area contributed by atoms with Gasteiger partial charge in [-0.2, -0.15) is 0 Å². The van der Waals surface area contributed by atoms with E-state index in [1.54, 1.807) is 12.1 Å². The van der Waals surface area contributed by atoms with Crippen LogP contribution in [0.1, 0.15) is 10.4 Å². The molecule has 1 aliphatic rings. The Hall–Kier alpha value is -1.66. The molecule has 0 radical (unpaired) electrons. The van der Waals surface area contributed by atoms with Crippen molar-refractivity contribution in [2.24, 2.45) is 0 Å². The first-order chi connectivity index (χ1) is 9.27. The Morgan fingerprint density at radius 2 is 1.89 bits per heavy atom. The minimum Gasteiger partial charge on any atom is -0.378 e. The highest BCUT2D eigenvalue weighted by Crippen LogP contribution is 1.98. The molecule has 2 rings (SSSR count). The van der Waals surface area contributed by atoms with Gasteiger partial charge in [-0.1, -0.05) is 18.2 Å². The maximum Gasteiger partial charge on any atom is 0.252 e. The number of carbonyl (C=O) groups excluding carboxylic acids is 1. The molecule has 19 heavy (non-hydrogen) atoms. The van der Waals surface area contributed by atoms with Crippen molar-refractivity contribution in [3.8, 4) is 0 Å². The SMILES string of the molecule is O=C(NCNC(=S)N1CCOCC1)c1ccccc1. The van der Waals surface area contributed by atoms with Crippen LogP contribution in [0.5, 0.6) is 0 Å². The number of benzene rings is 1. The first-order valence-corrected chi connectivity index (χ1v) is 6.62. The Kier molecular flexibility index (Phi) is 5.11. The number of hydrogen-bond donors (Lipinski definition) is 2. The molecule has 1 aromatic rings. The number of morpholine rings is 1. The summed E-state index contributed by atoms with van der Waals surface area (Å²) in [5.41, 5.74) is 0.640. The summed E-state index contributed by atoms with van der Waals surface area (Å²) in [6.45, 7) is 3.29. The third-order valence-electron chi connectivity index (χ3n) is 2.82. The summed E-state index contributed by atoms with van der Waals surface area (Å²) >= 11 is 5.25. The van der Waals surface area contributed by atoms with Gasteiger partial charge in [0.05, 0.1) is 19.9 Å². The zero-order chi connectivity index (χ0) is 13.5. The molecule has 102 valence electrons. The van der Waals surface area contributed by atoms with E-state index in [1.807, 2.05) is 23.1 Å². The van der Waals surface area contributed by atoms with Gasteiger partial charge in [-0.3, -0.25) is 4.79 Å². The molecule has 5 nitrogen and oxygen atoms in total. The Labute approximate surface area is 117 Å². The molecule has 1 fully saturated rings. The standard InChI is InChI=1S/C13H17N3O2S/c17-12(11-4-2-1-3-5-11)14-10-15-13(19)16-6-8-18-9-7-16/h1-5H,6-10H2,(H,14,17)(H,15,19). The van der Waals surface area contributed by atoms with E-state index in [0.29, 0.717) is 30.6 Å². The average molecular weight is 279 g/mol. The van der Waals surface area contributed by atoms with Gasteiger partial charge in [0.1, 0.15) is 0 Å². The molecule has 0 bridgehead atoms. The minimum atomic E-state index is -0.113. The molecule has 0 aromatic heterocycles. The molecule has 1 amide bonds. The highest BCUT2D eigenvalue weighted by Gasteiger charge is 2.13. The maximum atomic E-state index is 11.8. The summed E-state index contributed by atoms with van der Waals surface area (Å²) < 4.78 is 5.25. The monoisotopic (exact) mass is 279 g/mol. The van der Waals surface area contributed by atoms with Crippen LogP contribution in [0.4, 0.5) is 0 Å². The summed E-state index contributed by atoms with van der Waals surface area (Å²) in [7, 11) is 0. The van der Waals surface area contributed by atoms with Gasteiger partial charge in [0.2, 0.25) is 0 Å². The fourth-order valence-electron chi connectivity index (χ4n) is 1.77. The zero-order valence-corrected chi connectivity index (χ0v) is 11.4. The second-order valence-electron chi connectivity index (χ2n) is 4.13. The number of nitrogens with one attached hydrogen (secondary N) is 2. The Balaban J connectivity index is 1.71. The highest BCUT2D eigenvalue weighted by molar-refractivity contribution is 7.80. The summed E-state index contributed by atoms with van der Waals surface area (Å²) in [4.78, 5) is 13.8. The zero-order valence-electron chi connectivity index (χ0n) is 10.6. The summed E-state index contributed by atoms with van der Waals surface area (Å²) in [6, 6.07) is 9.09. The van der Waals surface area contributed by atoms with Crippen molar-refractivity contribution in [1.82, 2.24) is 15.5 Å². The first kappa shape index (κ1) is 13.8. The van der Waals surface area contributed by atoms with E-state index >= 15 is 0 Å². The van der Waals surface area contributed by atoms with Crippen LogP contribution >= 0.6 is 12.2 Å². The molecule has 1 heterocycles. The predicted octanol–water partition coefficient (Wildman–Crippen LogP) is 0.581. The summed E-state index contributed by atoms with van der Waals surface area (Å²) in [5.74, 6) is -0.113. The van der Waals surface area contributed by atoms with E-state index in [9.17, 15) is 4.79 Å². The molecular formula is C13H17N3O2S. The van der Waals surface area contributed by atoms with Gasteiger partial charge in [0.25, 0.3) is 5.91 Å². The van der Waals surface area contributed by atoms with Crippen LogP contribution in [0.25, 0.3) is 0 Å². The Morgan fingerprint density at radius 1 is 1.21 bits per heavy atom. The van der Waals surface area contributed by atoms with E-state index in [0.717, 1.165) is 13.1 Å². The maximum absolute atomic E-state index is 11.8. The van der Waals surface area contributed by atoms with Crippen LogP contribution in [-0.2, 0) is 4.74 Å². The number of rotatable bonds is 3. The molecule has 1 saturated heterocycles. The summed E-state index contributed by atoms with van der Waals surface area (Å²) in [5, 5.41) is 6.45. The average Bonchev–Trinajstić information content (AvgIpc) is 2.49. The van der Waals surface area contributed by atoms with Gasteiger partial charge >= 0.3 is 0 Å². The van der Waals surface area contributed by atoms with Gasteiger partial charge in [-0.05, 0) is 24.4 Å². The van der Waals surface area contributed by atoms with Crippen molar-refractivity contribution in [1.29, 1.82) is 0 Å². The number of carbonyl (C=O) groups is 1. The molecule has 1 aromatic carbocycles. The number of ether oxygens (including phenoxy) is 1. The molecule has 6 heteroatoms. The van der Waals surface area contributed by atoms with Crippen molar-refractivity contribution in [2.75, 3.05) is 33.0 Å². The van der Waals surface area contributed by atoms with Crippen LogP contribution in [0, 0.1) is 0 Å². The predicted molar refractivity (Wildman–Crippen MR) is 76.9 cm³/mol. The highest BCUT2D eigenvalue weighted by atomic mass is 32.1. The summed E-state index contributed by atoms with van der Waals surface area (Å²) in [6.07, 6.45) is 0. The molecule has 0 unspecified atom stereocenters. The van der Waals surface area contributed by atoms with E-state index < -0.39 is 0 Å². The van der Waals surface area contributed by atoms with Gasteiger partial charge in [0.15, 0.2) is 5.11 Å².